The average molecular weight is 733 g/mol. The summed E-state index contributed by atoms with van der Waals surface area (Å²) in [6.07, 6.45) is 3.41. The van der Waals surface area contributed by atoms with Gasteiger partial charge in [0.2, 0.25) is 0 Å². The van der Waals surface area contributed by atoms with Gasteiger partial charge in [-0.2, -0.15) is 9.78 Å². The number of rotatable bonds is 9. The van der Waals surface area contributed by atoms with E-state index in [4.69, 9.17) is 14.5 Å². The van der Waals surface area contributed by atoms with Gasteiger partial charge in [0, 0.05) is 5.56 Å². The monoisotopic (exact) mass is 733 g/mol. The number of aromatic nitrogens is 2. The maximum absolute atomic E-state index is 13.7. The van der Waals surface area contributed by atoms with E-state index in [1.165, 1.54) is 4.68 Å². The predicted molar refractivity (Wildman–Crippen MR) is 172 cm³/mol. The number of aryl methyl sites for hydroxylation is 1. The van der Waals surface area contributed by atoms with E-state index in [1.807, 2.05) is 50.2 Å². The highest BCUT2D eigenvalue weighted by molar-refractivity contribution is 14.1. The molecule has 0 spiro atoms. The van der Waals surface area contributed by atoms with Crippen LogP contribution in [0.2, 0.25) is 0 Å². The van der Waals surface area contributed by atoms with Crippen molar-refractivity contribution in [1.82, 2.24) is 9.66 Å². The summed E-state index contributed by atoms with van der Waals surface area (Å²) in [6, 6.07) is 15.4. The largest absolute Gasteiger partial charge is 0.494 e. The van der Waals surface area contributed by atoms with E-state index in [9.17, 15) is 4.79 Å². The maximum Gasteiger partial charge on any atom is 0.282 e. The van der Waals surface area contributed by atoms with Crippen molar-refractivity contribution in [1.29, 1.82) is 0 Å². The molecule has 38 heavy (non-hydrogen) atoms. The fourth-order valence-electron chi connectivity index (χ4n) is 4.13. The van der Waals surface area contributed by atoms with Crippen LogP contribution in [0.1, 0.15) is 43.4 Å². The molecule has 0 amide bonds. The van der Waals surface area contributed by atoms with Gasteiger partial charge in [-0.25, -0.2) is 4.98 Å². The lowest BCUT2D eigenvalue weighted by Gasteiger charge is -2.18. The van der Waals surface area contributed by atoms with Gasteiger partial charge < -0.3 is 9.47 Å². The molecule has 3 aromatic carbocycles. The number of ether oxygens (including phenoxy) is 2. The number of nitrogens with zero attached hydrogens (tertiary/aromatic N) is 3. The summed E-state index contributed by atoms with van der Waals surface area (Å²) in [5, 5.41) is 5.19. The predicted octanol–water partition coefficient (Wildman–Crippen LogP) is 7.55. The molecular weight excluding hydrogens is 704 g/mol. The van der Waals surface area contributed by atoms with Gasteiger partial charge in [0.05, 0.1) is 30.9 Å². The Morgan fingerprint density at radius 2 is 1.82 bits per heavy atom. The molecule has 0 radical (unpaired) electrons. The number of hydrogen-bond donors (Lipinski definition) is 0. The zero-order valence-corrected chi connectivity index (χ0v) is 26.1. The van der Waals surface area contributed by atoms with E-state index >= 15 is 0 Å². The molecule has 0 fully saturated rings. The van der Waals surface area contributed by atoms with E-state index in [-0.39, 0.29) is 11.5 Å². The van der Waals surface area contributed by atoms with Gasteiger partial charge in [-0.05, 0) is 118 Å². The molecule has 8 heteroatoms. The third kappa shape index (κ3) is 5.96. The van der Waals surface area contributed by atoms with E-state index in [0.717, 1.165) is 40.9 Å². The Morgan fingerprint density at radius 1 is 1.11 bits per heavy atom. The van der Waals surface area contributed by atoms with Crippen LogP contribution in [-0.2, 0) is 0 Å². The summed E-state index contributed by atoms with van der Waals surface area (Å²) in [5.41, 5.74) is 4.11. The third-order valence-electron chi connectivity index (χ3n) is 5.96. The Morgan fingerprint density at radius 3 is 2.47 bits per heavy atom. The minimum atomic E-state index is -0.225. The zero-order valence-electron chi connectivity index (χ0n) is 21.8. The highest BCUT2D eigenvalue weighted by atomic mass is 127. The van der Waals surface area contributed by atoms with Gasteiger partial charge in [-0.3, -0.25) is 4.79 Å². The van der Waals surface area contributed by atoms with Gasteiger partial charge in [-0.15, -0.1) is 0 Å². The lowest BCUT2D eigenvalue weighted by atomic mass is 9.96. The first-order chi connectivity index (χ1) is 18.2. The quantitative estimate of drug-likeness (QED) is 0.101. The van der Waals surface area contributed by atoms with Crippen molar-refractivity contribution in [2.24, 2.45) is 5.10 Å². The highest BCUT2D eigenvalue weighted by Gasteiger charge is 2.18. The van der Waals surface area contributed by atoms with Crippen LogP contribution >= 0.6 is 45.2 Å². The van der Waals surface area contributed by atoms with Crippen LogP contribution in [0.25, 0.3) is 22.3 Å². The van der Waals surface area contributed by atoms with Crippen LogP contribution in [-0.4, -0.2) is 29.1 Å². The first-order valence-corrected chi connectivity index (χ1v) is 14.5. The molecule has 0 unspecified atom stereocenters. The van der Waals surface area contributed by atoms with Crippen LogP contribution in [0, 0.1) is 14.1 Å². The molecule has 0 aliphatic carbocycles. The standard InChI is InChI=1S/C30H29I2N3O3/c1-6-12-38-28-24(31)14-20(15-25(28)32)17-33-35-29(34-26-11-9-8-10-21(26)30(35)36)23-16-22(18(3)4)27(37-7-2)13-19(23)5/h6,8-11,13-18H,1,7,12H2,2-5H3. The first kappa shape index (κ1) is 28.3. The number of hydrogen-bond acceptors (Lipinski definition) is 5. The second kappa shape index (κ2) is 12.4. The SMILES string of the molecule is C=CCOc1c(I)cc(C=Nn2c(-c3cc(C(C)C)c(OCC)cc3C)nc3ccccc3c2=O)cc1I. The molecule has 0 aliphatic heterocycles. The average Bonchev–Trinajstić information content (AvgIpc) is 2.88. The molecule has 6 nitrogen and oxygen atoms in total. The van der Waals surface area contributed by atoms with Crippen molar-refractivity contribution in [3.63, 3.8) is 0 Å². The maximum atomic E-state index is 13.7. The molecule has 4 rings (SSSR count). The van der Waals surface area contributed by atoms with Gasteiger partial charge in [0.25, 0.3) is 5.56 Å². The molecule has 1 heterocycles. The molecule has 0 saturated carbocycles. The van der Waals surface area contributed by atoms with Gasteiger partial charge in [0.1, 0.15) is 18.1 Å². The van der Waals surface area contributed by atoms with Crippen molar-refractivity contribution in [2.45, 2.75) is 33.6 Å². The van der Waals surface area contributed by atoms with E-state index in [1.54, 1.807) is 18.4 Å². The molecule has 0 saturated heterocycles. The molecule has 0 N–H and O–H groups in total. The normalized spacial score (nSPS) is 11.4. The number of benzene rings is 3. The van der Waals surface area contributed by atoms with Crippen LogP contribution in [0.3, 0.4) is 0 Å². The zero-order chi connectivity index (χ0) is 27.4. The van der Waals surface area contributed by atoms with Crippen molar-refractivity contribution in [3.8, 4) is 22.9 Å². The van der Waals surface area contributed by atoms with Crippen LogP contribution in [0.4, 0.5) is 0 Å². The second-order valence-corrected chi connectivity index (χ2v) is 11.3. The minimum absolute atomic E-state index is 0.225. The summed E-state index contributed by atoms with van der Waals surface area (Å²) >= 11 is 4.49. The van der Waals surface area contributed by atoms with E-state index in [2.05, 4.69) is 76.8 Å². The second-order valence-electron chi connectivity index (χ2n) is 9.02. The van der Waals surface area contributed by atoms with Crippen LogP contribution in [0.5, 0.6) is 11.5 Å². The lowest BCUT2D eigenvalue weighted by molar-refractivity contribution is 0.335. The van der Waals surface area contributed by atoms with Gasteiger partial charge >= 0.3 is 0 Å². The molecule has 4 aromatic rings. The number of fused-ring (bicyclic) bond motifs is 1. The molecule has 1 aromatic heterocycles. The fraction of sp³-hybridized carbons (Fsp3) is 0.233. The summed E-state index contributed by atoms with van der Waals surface area (Å²) in [6.45, 7) is 13.0. The summed E-state index contributed by atoms with van der Waals surface area (Å²) < 4.78 is 15.0. The van der Waals surface area contributed by atoms with Crippen molar-refractivity contribution in [2.75, 3.05) is 13.2 Å². The topological polar surface area (TPSA) is 65.7 Å². The van der Waals surface area contributed by atoms with Crippen LogP contribution < -0.4 is 15.0 Å². The number of halogens is 2. The fourth-order valence-corrected chi connectivity index (χ4v) is 6.26. The summed E-state index contributed by atoms with van der Waals surface area (Å²) in [7, 11) is 0. The summed E-state index contributed by atoms with van der Waals surface area (Å²) in [5.74, 6) is 2.37. The van der Waals surface area contributed by atoms with Gasteiger partial charge in [0.15, 0.2) is 5.82 Å². The Balaban J connectivity index is 1.91. The molecular formula is C30H29I2N3O3. The van der Waals surface area contributed by atoms with E-state index in [0.29, 0.717) is 29.9 Å². The minimum Gasteiger partial charge on any atom is -0.494 e. The Hall–Kier alpha value is -2.73. The molecule has 0 atom stereocenters. The van der Waals surface area contributed by atoms with Crippen molar-refractivity contribution < 1.29 is 9.47 Å². The Kier molecular flexibility index (Phi) is 9.24. The molecule has 0 bridgehead atoms. The smallest absolute Gasteiger partial charge is 0.282 e. The van der Waals surface area contributed by atoms with Crippen molar-refractivity contribution in [3.05, 3.63) is 95.4 Å². The van der Waals surface area contributed by atoms with Crippen molar-refractivity contribution >= 4 is 62.3 Å². The Labute approximate surface area is 250 Å². The molecule has 0 aliphatic rings. The Bertz CT molecular complexity index is 1570. The number of para-hydroxylation sites is 1. The van der Waals surface area contributed by atoms with E-state index < -0.39 is 0 Å². The van der Waals surface area contributed by atoms with Crippen LogP contribution in [0.15, 0.2) is 71.1 Å². The third-order valence-corrected chi connectivity index (χ3v) is 7.56. The first-order valence-electron chi connectivity index (χ1n) is 12.3. The molecule has 196 valence electrons. The lowest BCUT2D eigenvalue weighted by Crippen LogP contribution is -2.21. The summed E-state index contributed by atoms with van der Waals surface area (Å²) in [4.78, 5) is 18.6. The van der Waals surface area contributed by atoms with Gasteiger partial charge in [-0.1, -0.05) is 38.6 Å². The highest BCUT2D eigenvalue weighted by Crippen LogP contribution is 2.34.